The molecule has 0 saturated carbocycles. The van der Waals surface area contributed by atoms with Crippen molar-refractivity contribution in [3.05, 3.63) is 36.2 Å². The van der Waals surface area contributed by atoms with Crippen LogP contribution < -0.4 is 15.8 Å². The first kappa shape index (κ1) is 14.2. The minimum absolute atomic E-state index is 0.706. The molecule has 0 spiro atoms. The van der Waals surface area contributed by atoms with Gasteiger partial charge in [0, 0.05) is 55.4 Å². The largest absolute Gasteiger partial charge is 0.493 e. The SMILES string of the molecule is CCCOc1cc(N)cc(NCCc2ccnn2C)c1. The van der Waals surface area contributed by atoms with E-state index in [0.717, 1.165) is 30.8 Å². The number of aryl methyl sites for hydroxylation is 1. The lowest BCUT2D eigenvalue weighted by molar-refractivity contribution is 0.318. The van der Waals surface area contributed by atoms with Crippen LogP contribution >= 0.6 is 0 Å². The topological polar surface area (TPSA) is 65.1 Å². The summed E-state index contributed by atoms with van der Waals surface area (Å²) >= 11 is 0. The van der Waals surface area contributed by atoms with Crippen LogP contribution in [-0.4, -0.2) is 22.9 Å². The molecular formula is C15H22N4O. The van der Waals surface area contributed by atoms with Gasteiger partial charge in [-0.1, -0.05) is 6.92 Å². The zero-order chi connectivity index (χ0) is 14.4. The van der Waals surface area contributed by atoms with Crippen LogP contribution in [0.1, 0.15) is 19.0 Å². The summed E-state index contributed by atoms with van der Waals surface area (Å²) in [5.41, 5.74) is 8.78. The molecule has 0 saturated heterocycles. The van der Waals surface area contributed by atoms with Gasteiger partial charge in [-0.05, 0) is 18.6 Å². The van der Waals surface area contributed by atoms with Gasteiger partial charge in [0.05, 0.1) is 6.61 Å². The van der Waals surface area contributed by atoms with Gasteiger partial charge in [-0.25, -0.2) is 0 Å². The summed E-state index contributed by atoms with van der Waals surface area (Å²) in [6, 6.07) is 7.77. The van der Waals surface area contributed by atoms with Crippen molar-refractivity contribution >= 4 is 11.4 Å². The third kappa shape index (κ3) is 3.91. The second kappa shape index (κ2) is 6.84. The van der Waals surface area contributed by atoms with Gasteiger partial charge >= 0.3 is 0 Å². The van der Waals surface area contributed by atoms with Crippen molar-refractivity contribution in [3.8, 4) is 5.75 Å². The van der Waals surface area contributed by atoms with Gasteiger partial charge in [0.25, 0.3) is 0 Å². The molecule has 108 valence electrons. The molecule has 0 aliphatic heterocycles. The molecule has 0 fully saturated rings. The van der Waals surface area contributed by atoms with E-state index in [9.17, 15) is 0 Å². The van der Waals surface area contributed by atoms with Crippen LogP contribution in [0, 0.1) is 0 Å². The van der Waals surface area contributed by atoms with E-state index in [0.29, 0.717) is 12.3 Å². The summed E-state index contributed by atoms with van der Waals surface area (Å²) in [5, 5.41) is 7.52. The monoisotopic (exact) mass is 274 g/mol. The number of rotatable bonds is 7. The molecule has 1 heterocycles. The highest BCUT2D eigenvalue weighted by molar-refractivity contribution is 5.59. The molecule has 0 bridgehead atoms. The van der Waals surface area contributed by atoms with Crippen molar-refractivity contribution < 1.29 is 4.74 Å². The van der Waals surface area contributed by atoms with Gasteiger partial charge < -0.3 is 15.8 Å². The molecule has 0 aliphatic rings. The fraction of sp³-hybridized carbons (Fsp3) is 0.400. The maximum Gasteiger partial charge on any atom is 0.123 e. The van der Waals surface area contributed by atoms with Crippen molar-refractivity contribution in [1.29, 1.82) is 0 Å². The predicted octanol–water partition coefficient (Wildman–Crippen LogP) is 2.45. The zero-order valence-corrected chi connectivity index (χ0v) is 12.1. The smallest absolute Gasteiger partial charge is 0.123 e. The average Bonchev–Trinajstić information content (AvgIpc) is 2.82. The van der Waals surface area contributed by atoms with E-state index in [4.69, 9.17) is 10.5 Å². The van der Waals surface area contributed by atoms with Crippen molar-refractivity contribution in [3.63, 3.8) is 0 Å². The van der Waals surface area contributed by atoms with E-state index < -0.39 is 0 Å². The van der Waals surface area contributed by atoms with Crippen LogP contribution in [0.3, 0.4) is 0 Å². The highest BCUT2D eigenvalue weighted by atomic mass is 16.5. The minimum Gasteiger partial charge on any atom is -0.493 e. The van der Waals surface area contributed by atoms with Gasteiger partial charge in [0.1, 0.15) is 5.75 Å². The molecule has 1 aromatic heterocycles. The Bertz CT molecular complexity index is 551. The van der Waals surface area contributed by atoms with Crippen LogP contribution in [0.4, 0.5) is 11.4 Å². The molecule has 2 rings (SSSR count). The summed E-state index contributed by atoms with van der Waals surface area (Å²) < 4.78 is 7.50. The molecular weight excluding hydrogens is 252 g/mol. The molecule has 2 aromatic rings. The molecule has 0 radical (unpaired) electrons. The number of nitrogens with one attached hydrogen (secondary N) is 1. The first-order valence-corrected chi connectivity index (χ1v) is 6.93. The molecule has 0 atom stereocenters. The van der Waals surface area contributed by atoms with Crippen molar-refractivity contribution in [1.82, 2.24) is 9.78 Å². The van der Waals surface area contributed by atoms with Crippen LogP contribution in [0.15, 0.2) is 30.5 Å². The van der Waals surface area contributed by atoms with Crippen LogP contribution in [-0.2, 0) is 13.5 Å². The molecule has 20 heavy (non-hydrogen) atoms. The quantitative estimate of drug-likeness (QED) is 0.761. The summed E-state index contributed by atoms with van der Waals surface area (Å²) in [7, 11) is 1.95. The van der Waals surface area contributed by atoms with Gasteiger partial charge in [-0.15, -0.1) is 0 Å². The second-order valence-electron chi connectivity index (χ2n) is 4.76. The number of benzene rings is 1. The third-order valence-electron chi connectivity index (χ3n) is 3.03. The van der Waals surface area contributed by atoms with Gasteiger partial charge in [0.15, 0.2) is 0 Å². The van der Waals surface area contributed by atoms with E-state index in [2.05, 4.69) is 17.3 Å². The zero-order valence-electron chi connectivity index (χ0n) is 12.1. The Morgan fingerprint density at radius 2 is 2.20 bits per heavy atom. The van der Waals surface area contributed by atoms with Crippen molar-refractivity contribution in [2.45, 2.75) is 19.8 Å². The Morgan fingerprint density at radius 1 is 1.35 bits per heavy atom. The molecule has 0 aliphatic carbocycles. The molecule has 0 amide bonds. The van der Waals surface area contributed by atoms with Crippen LogP contribution in [0.5, 0.6) is 5.75 Å². The summed E-state index contributed by atoms with van der Waals surface area (Å²) in [6.07, 6.45) is 3.71. The van der Waals surface area contributed by atoms with Crippen molar-refractivity contribution in [2.24, 2.45) is 7.05 Å². The van der Waals surface area contributed by atoms with E-state index in [1.165, 1.54) is 5.69 Å². The van der Waals surface area contributed by atoms with Crippen LogP contribution in [0.2, 0.25) is 0 Å². The normalized spacial score (nSPS) is 10.5. The Hall–Kier alpha value is -2.17. The molecule has 3 N–H and O–H groups in total. The number of aromatic nitrogens is 2. The number of nitrogens with zero attached hydrogens (tertiary/aromatic N) is 2. The number of ether oxygens (including phenoxy) is 1. The third-order valence-corrected chi connectivity index (χ3v) is 3.03. The fourth-order valence-corrected chi connectivity index (χ4v) is 2.01. The fourth-order valence-electron chi connectivity index (χ4n) is 2.01. The van der Waals surface area contributed by atoms with E-state index in [1.54, 1.807) is 0 Å². The second-order valence-corrected chi connectivity index (χ2v) is 4.76. The minimum atomic E-state index is 0.706. The maximum absolute atomic E-state index is 5.89. The van der Waals surface area contributed by atoms with Crippen molar-refractivity contribution in [2.75, 3.05) is 24.2 Å². The average molecular weight is 274 g/mol. The number of anilines is 2. The van der Waals surface area contributed by atoms with Gasteiger partial charge in [0.2, 0.25) is 0 Å². The van der Waals surface area contributed by atoms with E-state index >= 15 is 0 Å². The lowest BCUT2D eigenvalue weighted by atomic mass is 10.2. The Balaban J connectivity index is 1.91. The summed E-state index contributed by atoms with van der Waals surface area (Å²) in [6.45, 7) is 3.62. The summed E-state index contributed by atoms with van der Waals surface area (Å²) in [4.78, 5) is 0. The maximum atomic E-state index is 5.89. The highest BCUT2D eigenvalue weighted by Crippen LogP contribution is 2.22. The lowest BCUT2D eigenvalue weighted by Crippen LogP contribution is -2.08. The standard InChI is InChI=1S/C15H22N4O/c1-3-8-20-15-10-12(16)9-13(11-15)17-6-4-14-5-7-18-19(14)2/h5,7,9-11,17H,3-4,6,8,16H2,1-2H3. The van der Waals surface area contributed by atoms with Crippen LogP contribution in [0.25, 0.3) is 0 Å². The highest BCUT2D eigenvalue weighted by Gasteiger charge is 2.01. The van der Waals surface area contributed by atoms with E-state index in [-0.39, 0.29) is 0 Å². The molecule has 1 aromatic carbocycles. The van der Waals surface area contributed by atoms with E-state index in [1.807, 2.05) is 42.2 Å². The Kier molecular flexibility index (Phi) is 4.87. The molecule has 5 nitrogen and oxygen atoms in total. The summed E-state index contributed by atoms with van der Waals surface area (Å²) in [5.74, 6) is 0.815. The predicted molar refractivity (Wildman–Crippen MR) is 82.0 cm³/mol. The lowest BCUT2D eigenvalue weighted by Gasteiger charge is -2.11. The Labute approximate surface area is 119 Å². The number of nitrogen functional groups attached to an aromatic ring is 1. The van der Waals surface area contributed by atoms with Gasteiger partial charge in [-0.3, -0.25) is 4.68 Å². The molecule has 5 heteroatoms. The van der Waals surface area contributed by atoms with Gasteiger partial charge in [-0.2, -0.15) is 5.10 Å². The number of hydrogen-bond acceptors (Lipinski definition) is 4. The first-order valence-electron chi connectivity index (χ1n) is 6.93. The first-order chi connectivity index (χ1) is 9.69. The Morgan fingerprint density at radius 3 is 2.90 bits per heavy atom. The molecule has 0 unspecified atom stereocenters. The number of nitrogens with two attached hydrogens (primary N) is 1. The number of hydrogen-bond donors (Lipinski definition) is 2.